The third-order valence-electron chi connectivity index (χ3n) is 5.04. The molecule has 1 aliphatic heterocycles. The first-order valence-electron chi connectivity index (χ1n) is 7.88. The molecule has 0 amide bonds. The maximum Gasteiger partial charge on any atom is 0.143 e. The first-order chi connectivity index (χ1) is 9.56. The lowest BCUT2D eigenvalue weighted by molar-refractivity contribution is -0.122. The van der Waals surface area contributed by atoms with Gasteiger partial charge >= 0.3 is 0 Å². The highest BCUT2D eigenvalue weighted by molar-refractivity contribution is 5.82. The number of ether oxygens (including phenoxy) is 1. The van der Waals surface area contributed by atoms with Gasteiger partial charge in [-0.15, -0.1) is 0 Å². The number of nitrogens with zero attached hydrogens (tertiary/aromatic N) is 2. The van der Waals surface area contributed by atoms with Crippen molar-refractivity contribution in [1.29, 1.82) is 0 Å². The molecule has 5 nitrogen and oxygen atoms in total. The minimum absolute atomic E-state index is 0.0788. The van der Waals surface area contributed by atoms with Gasteiger partial charge in [0.15, 0.2) is 0 Å². The average Bonchev–Trinajstić information content (AvgIpc) is 2.47. The molecule has 1 heterocycles. The topological polar surface area (TPSA) is 71.1 Å². The molecule has 116 valence electrons. The maximum atomic E-state index is 8.75. The number of rotatable bonds is 4. The average molecular weight is 283 g/mol. The van der Waals surface area contributed by atoms with Crippen LogP contribution in [0.5, 0.6) is 0 Å². The quantitative estimate of drug-likeness (QED) is 0.359. The van der Waals surface area contributed by atoms with Gasteiger partial charge in [-0.3, -0.25) is 0 Å². The van der Waals surface area contributed by atoms with Crippen molar-refractivity contribution in [3.05, 3.63) is 0 Å². The molecule has 2 rings (SSSR count). The van der Waals surface area contributed by atoms with E-state index in [0.717, 1.165) is 26.0 Å². The molecule has 2 unspecified atom stereocenters. The Labute approximate surface area is 122 Å². The fourth-order valence-electron chi connectivity index (χ4n) is 3.70. The summed E-state index contributed by atoms with van der Waals surface area (Å²) in [6.07, 6.45) is 8.61. The van der Waals surface area contributed by atoms with Crippen LogP contribution < -0.4 is 5.73 Å². The summed E-state index contributed by atoms with van der Waals surface area (Å²) in [6.45, 7) is 3.70. The number of nitrogens with two attached hydrogens (primary N) is 1. The molecule has 2 atom stereocenters. The first kappa shape index (κ1) is 15.6. The molecule has 1 spiro atoms. The monoisotopic (exact) mass is 283 g/mol. The summed E-state index contributed by atoms with van der Waals surface area (Å²) in [7, 11) is 2.15. The van der Waals surface area contributed by atoms with Gasteiger partial charge in [0.1, 0.15) is 5.84 Å². The second kappa shape index (κ2) is 6.76. The largest absolute Gasteiger partial charge is 0.409 e. The highest BCUT2D eigenvalue weighted by Gasteiger charge is 2.39. The minimum atomic E-state index is 0.0788. The van der Waals surface area contributed by atoms with Crippen LogP contribution in [0, 0.1) is 5.92 Å². The minimum Gasteiger partial charge on any atom is -0.409 e. The van der Waals surface area contributed by atoms with E-state index in [9.17, 15) is 0 Å². The van der Waals surface area contributed by atoms with Crippen molar-refractivity contribution in [1.82, 2.24) is 4.90 Å². The van der Waals surface area contributed by atoms with Crippen LogP contribution in [0.1, 0.15) is 51.9 Å². The van der Waals surface area contributed by atoms with Gasteiger partial charge in [-0.25, -0.2) is 0 Å². The molecule has 1 saturated heterocycles. The number of hydrogen-bond donors (Lipinski definition) is 2. The van der Waals surface area contributed by atoms with Gasteiger partial charge in [-0.05, 0) is 32.7 Å². The van der Waals surface area contributed by atoms with Gasteiger partial charge in [-0.2, -0.15) is 0 Å². The van der Waals surface area contributed by atoms with E-state index in [1.807, 2.05) is 6.92 Å². The van der Waals surface area contributed by atoms with Crippen molar-refractivity contribution < 1.29 is 9.94 Å². The van der Waals surface area contributed by atoms with Crippen LogP contribution >= 0.6 is 0 Å². The van der Waals surface area contributed by atoms with E-state index < -0.39 is 0 Å². The Hall–Kier alpha value is -0.810. The molecule has 0 aromatic rings. The lowest BCUT2D eigenvalue weighted by atomic mass is 9.78. The molecule has 3 N–H and O–H groups in total. The van der Waals surface area contributed by atoms with Crippen molar-refractivity contribution in [3.63, 3.8) is 0 Å². The van der Waals surface area contributed by atoms with Crippen LogP contribution in [0.2, 0.25) is 0 Å². The maximum absolute atomic E-state index is 8.75. The summed E-state index contributed by atoms with van der Waals surface area (Å²) in [5, 5.41) is 11.9. The summed E-state index contributed by atoms with van der Waals surface area (Å²) >= 11 is 0. The highest BCUT2D eigenvalue weighted by Crippen LogP contribution is 2.39. The summed E-state index contributed by atoms with van der Waals surface area (Å²) in [5.41, 5.74) is 5.81. The van der Waals surface area contributed by atoms with Gasteiger partial charge < -0.3 is 20.6 Å². The zero-order valence-electron chi connectivity index (χ0n) is 12.8. The molecule has 1 saturated carbocycles. The summed E-state index contributed by atoms with van der Waals surface area (Å²) < 4.78 is 6.15. The zero-order valence-corrected chi connectivity index (χ0v) is 12.8. The van der Waals surface area contributed by atoms with Gasteiger partial charge in [0, 0.05) is 25.1 Å². The molecular weight excluding hydrogens is 254 g/mol. The predicted molar refractivity (Wildman–Crippen MR) is 80.0 cm³/mol. The van der Waals surface area contributed by atoms with Crippen LogP contribution in [0.15, 0.2) is 5.16 Å². The van der Waals surface area contributed by atoms with Gasteiger partial charge in [0.05, 0.1) is 5.60 Å². The fraction of sp³-hybridized carbons (Fsp3) is 0.933. The second-order valence-corrected chi connectivity index (χ2v) is 6.60. The lowest BCUT2D eigenvalue weighted by Gasteiger charge is -2.46. The van der Waals surface area contributed by atoms with Gasteiger partial charge in [-0.1, -0.05) is 31.3 Å². The van der Waals surface area contributed by atoms with Gasteiger partial charge in [0.2, 0.25) is 0 Å². The molecule has 5 heteroatoms. The molecule has 0 bridgehead atoms. The number of hydrogen-bond acceptors (Lipinski definition) is 4. The number of amidine groups is 1. The summed E-state index contributed by atoms with van der Waals surface area (Å²) in [4.78, 5) is 2.36. The zero-order chi connectivity index (χ0) is 14.6. The van der Waals surface area contributed by atoms with E-state index in [1.54, 1.807) is 0 Å². The van der Waals surface area contributed by atoms with E-state index >= 15 is 0 Å². The van der Waals surface area contributed by atoms with Gasteiger partial charge in [0.25, 0.3) is 0 Å². The van der Waals surface area contributed by atoms with Crippen LogP contribution in [-0.4, -0.2) is 47.8 Å². The van der Waals surface area contributed by atoms with E-state index in [1.165, 1.54) is 32.1 Å². The van der Waals surface area contributed by atoms with Crippen LogP contribution in [0.25, 0.3) is 0 Å². The third-order valence-corrected chi connectivity index (χ3v) is 5.04. The Morgan fingerprint density at radius 3 is 2.80 bits per heavy atom. The molecule has 1 aliphatic carbocycles. The molecular formula is C15H29N3O2. The van der Waals surface area contributed by atoms with E-state index in [-0.39, 0.29) is 11.5 Å². The summed E-state index contributed by atoms with van der Waals surface area (Å²) in [5.74, 6) is 0.395. The molecule has 0 radical (unpaired) electrons. The van der Waals surface area contributed by atoms with E-state index in [2.05, 4.69) is 17.1 Å². The normalized spacial score (nSPS) is 28.8. The van der Waals surface area contributed by atoms with Crippen molar-refractivity contribution >= 4 is 5.84 Å². The first-order valence-corrected chi connectivity index (χ1v) is 7.88. The van der Waals surface area contributed by atoms with Crippen LogP contribution in [0.4, 0.5) is 0 Å². The fourth-order valence-corrected chi connectivity index (χ4v) is 3.70. The van der Waals surface area contributed by atoms with E-state index in [4.69, 9.17) is 15.7 Å². The Balaban J connectivity index is 1.91. The van der Waals surface area contributed by atoms with Crippen molar-refractivity contribution in [2.75, 3.05) is 20.2 Å². The molecule has 0 aromatic carbocycles. The van der Waals surface area contributed by atoms with Crippen LogP contribution in [0.3, 0.4) is 0 Å². The molecule has 20 heavy (non-hydrogen) atoms. The van der Waals surface area contributed by atoms with E-state index in [0.29, 0.717) is 11.9 Å². The number of oxime groups is 1. The summed E-state index contributed by atoms with van der Waals surface area (Å²) in [6, 6.07) is 0.552. The smallest absolute Gasteiger partial charge is 0.143 e. The lowest BCUT2D eigenvalue weighted by Crippen LogP contribution is -2.50. The predicted octanol–water partition coefficient (Wildman–Crippen LogP) is 2.18. The Morgan fingerprint density at radius 1 is 1.45 bits per heavy atom. The van der Waals surface area contributed by atoms with Crippen molar-refractivity contribution in [3.8, 4) is 0 Å². The SMILES string of the molecule is CC(CN(C)C1CCOC2(CCCCC2)C1)C(N)=NO. The Morgan fingerprint density at radius 2 is 2.15 bits per heavy atom. The highest BCUT2D eigenvalue weighted by atomic mass is 16.5. The Kier molecular flexibility index (Phi) is 5.27. The van der Waals surface area contributed by atoms with Crippen LogP contribution in [-0.2, 0) is 4.74 Å². The second-order valence-electron chi connectivity index (χ2n) is 6.60. The molecule has 2 aliphatic rings. The molecule has 0 aromatic heterocycles. The van der Waals surface area contributed by atoms with Crippen molar-refractivity contribution in [2.45, 2.75) is 63.5 Å². The van der Waals surface area contributed by atoms with Crippen molar-refractivity contribution in [2.24, 2.45) is 16.8 Å². The standard InChI is InChI=1S/C15H29N3O2/c1-12(14(16)17-19)11-18(2)13-6-9-20-15(10-13)7-4-3-5-8-15/h12-13,19H,3-11H2,1-2H3,(H2,16,17). The Bertz CT molecular complexity index is 335. The molecule has 2 fully saturated rings. The third kappa shape index (κ3) is 3.64.